The number of amides is 1. The molecule has 1 amide bonds. The van der Waals surface area contributed by atoms with Crippen LogP contribution in [-0.2, 0) is 4.79 Å². The summed E-state index contributed by atoms with van der Waals surface area (Å²) >= 11 is 3.83. The van der Waals surface area contributed by atoms with Crippen LogP contribution in [0.15, 0.2) is 24.4 Å². The van der Waals surface area contributed by atoms with Crippen molar-refractivity contribution < 1.29 is 4.79 Å². The van der Waals surface area contributed by atoms with Crippen LogP contribution < -0.4 is 5.32 Å². The zero-order valence-electron chi connectivity index (χ0n) is 10.6. The van der Waals surface area contributed by atoms with Gasteiger partial charge in [-0.1, -0.05) is 12.0 Å². The predicted molar refractivity (Wildman–Crippen MR) is 82.3 cm³/mol. The fourth-order valence-corrected chi connectivity index (χ4v) is 4.33. The van der Waals surface area contributed by atoms with Gasteiger partial charge in [0.1, 0.15) is 5.69 Å². The maximum absolute atomic E-state index is 11.7. The van der Waals surface area contributed by atoms with Crippen LogP contribution in [0.4, 0.5) is 0 Å². The third-order valence-corrected chi connectivity index (χ3v) is 5.40. The van der Waals surface area contributed by atoms with Gasteiger partial charge in [0.25, 0.3) is 0 Å². The quantitative estimate of drug-likeness (QED) is 0.863. The van der Waals surface area contributed by atoms with Gasteiger partial charge in [-0.15, -0.1) is 0 Å². The summed E-state index contributed by atoms with van der Waals surface area (Å²) in [4.78, 5) is 15.8. The molecule has 100 valence electrons. The van der Waals surface area contributed by atoms with Gasteiger partial charge in [0.05, 0.1) is 6.54 Å². The van der Waals surface area contributed by atoms with E-state index in [2.05, 4.69) is 22.1 Å². The van der Waals surface area contributed by atoms with Gasteiger partial charge in [-0.2, -0.15) is 23.5 Å². The number of aromatic nitrogens is 1. The average molecular weight is 292 g/mol. The normalized spacial score (nSPS) is 18.2. The number of rotatable bonds is 3. The van der Waals surface area contributed by atoms with Crippen molar-refractivity contribution in [3.05, 3.63) is 30.1 Å². The molecule has 5 heteroatoms. The lowest BCUT2D eigenvalue weighted by atomic mass is 10.3. The topological polar surface area (TPSA) is 42.0 Å². The van der Waals surface area contributed by atoms with Crippen molar-refractivity contribution in [1.29, 1.82) is 0 Å². The molecule has 0 saturated carbocycles. The zero-order valence-corrected chi connectivity index (χ0v) is 12.2. The molecule has 1 aliphatic rings. The van der Waals surface area contributed by atoms with Crippen LogP contribution in [0.3, 0.4) is 0 Å². The highest BCUT2D eigenvalue weighted by Crippen LogP contribution is 2.25. The second-order valence-electron chi connectivity index (χ2n) is 4.07. The molecule has 1 aliphatic heterocycles. The number of nitrogens with one attached hydrogen (secondary N) is 1. The van der Waals surface area contributed by atoms with Gasteiger partial charge in [-0.05, 0) is 18.1 Å². The molecule has 3 nitrogen and oxygen atoms in total. The molecule has 0 spiro atoms. The lowest BCUT2D eigenvalue weighted by Crippen LogP contribution is -2.28. The first-order valence-corrected chi connectivity index (χ1v) is 8.41. The van der Waals surface area contributed by atoms with Crippen LogP contribution >= 0.6 is 23.5 Å². The van der Waals surface area contributed by atoms with E-state index < -0.39 is 0 Å². The number of carbonyl (C=O) groups excluding carboxylic acids is 1. The summed E-state index contributed by atoms with van der Waals surface area (Å²) in [7, 11) is 0. The minimum Gasteiger partial charge on any atom is -0.345 e. The standard InChI is InChI=1S/C14H16N2OS2/c17-14(10-13-11-18-8-9-19-13)16-7-3-5-12-4-1-2-6-15-12/h1-2,4,6,13H,7-11H2,(H,16,17)/t13-/m0/s1. The van der Waals surface area contributed by atoms with Crippen molar-refractivity contribution in [1.82, 2.24) is 10.3 Å². The Balaban J connectivity index is 1.68. The smallest absolute Gasteiger partial charge is 0.221 e. The number of thioether (sulfide) groups is 2. The van der Waals surface area contributed by atoms with Crippen molar-refractivity contribution in [3.63, 3.8) is 0 Å². The van der Waals surface area contributed by atoms with E-state index in [1.54, 1.807) is 6.20 Å². The van der Waals surface area contributed by atoms with E-state index in [4.69, 9.17) is 0 Å². The van der Waals surface area contributed by atoms with Gasteiger partial charge in [-0.25, -0.2) is 4.98 Å². The largest absolute Gasteiger partial charge is 0.345 e. The summed E-state index contributed by atoms with van der Waals surface area (Å²) in [6.45, 7) is 0.389. The fraction of sp³-hybridized carbons (Fsp3) is 0.429. The number of hydrogen-bond donors (Lipinski definition) is 1. The molecule has 19 heavy (non-hydrogen) atoms. The molecule has 1 N–H and O–H groups in total. The number of nitrogens with zero attached hydrogens (tertiary/aromatic N) is 1. The molecule has 2 heterocycles. The highest BCUT2D eigenvalue weighted by molar-refractivity contribution is 8.06. The van der Waals surface area contributed by atoms with Crippen LogP contribution in [-0.4, -0.2) is 39.9 Å². The molecule has 0 aliphatic carbocycles. The van der Waals surface area contributed by atoms with Crippen LogP contribution in [0.25, 0.3) is 0 Å². The monoisotopic (exact) mass is 292 g/mol. The van der Waals surface area contributed by atoms with Gasteiger partial charge in [0, 0.05) is 35.1 Å². The molecule has 1 aromatic rings. The van der Waals surface area contributed by atoms with E-state index in [-0.39, 0.29) is 5.91 Å². The maximum atomic E-state index is 11.7. The Hall–Kier alpha value is -1.12. The van der Waals surface area contributed by atoms with Gasteiger partial charge in [0.2, 0.25) is 5.91 Å². The third-order valence-electron chi connectivity index (χ3n) is 2.55. The van der Waals surface area contributed by atoms with Gasteiger partial charge in [-0.3, -0.25) is 4.79 Å². The lowest BCUT2D eigenvalue weighted by Gasteiger charge is -2.19. The second kappa shape index (κ2) is 8.13. The van der Waals surface area contributed by atoms with E-state index in [9.17, 15) is 4.79 Å². The number of pyridine rings is 1. The van der Waals surface area contributed by atoms with Crippen molar-refractivity contribution >= 4 is 29.4 Å². The molecule has 1 saturated heterocycles. The molecule has 1 fully saturated rings. The van der Waals surface area contributed by atoms with E-state index in [1.807, 2.05) is 41.7 Å². The Morgan fingerprint density at radius 1 is 1.47 bits per heavy atom. The van der Waals surface area contributed by atoms with E-state index in [0.717, 1.165) is 17.2 Å². The van der Waals surface area contributed by atoms with Crippen LogP contribution in [0, 0.1) is 11.8 Å². The highest BCUT2D eigenvalue weighted by atomic mass is 32.2. The molecular weight excluding hydrogens is 276 g/mol. The van der Waals surface area contributed by atoms with Crippen molar-refractivity contribution in [3.8, 4) is 11.8 Å². The SMILES string of the molecule is O=C(C[C@H]1CSCCS1)NCC#Cc1ccccn1. The van der Waals surface area contributed by atoms with Gasteiger partial charge in [0.15, 0.2) is 0 Å². The molecule has 0 unspecified atom stereocenters. The Morgan fingerprint density at radius 3 is 3.16 bits per heavy atom. The summed E-state index contributed by atoms with van der Waals surface area (Å²) in [5, 5.41) is 3.30. The molecule has 0 aromatic carbocycles. The fourth-order valence-electron chi connectivity index (χ4n) is 1.65. The minimum absolute atomic E-state index is 0.0929. The first-order valence-electron chi connectivity index (χ1n) is 6.20. The van der Waals surface area contributed by atoms with Crippen LogP contribution in [0.1, 0.15) is 12.1 Å². The summed E-state index contributed by atoms with van der Waals surface area (Å²) < 4.78 is 0. The summed E-state index contributed by atoms with van der Waals surface area (Å²) in [5.74, 6) is 9.37. The van der Waals surface area contributed by atoms with E-state index in [1.165, 1.54) is 5.75 Å². The highest BCUT2D eigenvalue weighted by Gasteiger charge is 2.17. The molecular formula is C14H16N2OS2. The molecule has 1 atom stereocenters. The molecule has 2 rings (SSSR count). The third kappa shape index (κ3) is 5.58. The van der Waals surface area contributed by atoms with E-state index >= 15 is 0 Å². The first-order chi connectivity index (χ1) is 9.34. The second-order valence-corrected chi connectivity index (χ2v) is 6.62. The number of hydrogen-bond acceptors (Lipinski definition) is 4. The Morgan fingerprint density at radius 2 is 2.42 bits per heavy atom. The lowest BCUT2D eigenvalue weighted by molar-refractivity contribution is -0.120. The van der Waals surface area contributed by atoms with Crippen molar-refractivity contribution in [2.24, 2.45) is 0 Å². The van der Waals surface area contributed by atoms with Gasteiger partial charge >= 0.3 is 0 Å². The summed E-state index contributed by atoms with van der Waals surface area (Å²) in [5.41, 5.74) is 0.732. The summed E-state index contributed by atoms with van der Waals surface area (Å²) in [6.07, 6.45) is 2.31. The average Bonchev–Trinajstić information content (AvgIpc) is 2.46. The van der Waals surface area contributed by atoms with Crippen LogP contribution in [0.5, 0.6) is 0 Å². The Kier molecular flexibility index (Phi) is 6.12. The van der Waals surface area contributed by atoms with Crippen molar-refractivity contribution in [2.45, 2.75) is 11.7 Å². The van der Waals surface area contributed by atoms with Gasteiger partial charge < -0.3 is 5.32 Å². The Bertz CT molecular complexity index is 461. The first kappa shape index (κ1) is 14.3. The number of carbonyl (C=O) groups is 1. The molecule has 0 bridgehead atoms. The van der Waals surface area contributed by atoms with E-state index in [0.29, 0.717) is 18.2 Å². The Labute approximate surface area is 122 Å². The summed E-state index contributed by atoms with van der Waals surface area (Å²) in [6, 6.07) is 5.60. The van der Waals surface area contributed by atoms with Crippen LogP contribution in [0.2, 0.25) is 0 Å². The predicted octanol–water partition coefficient (Wildman–Crippen LogP) is 1.79. The van der Waals surface area contributed by atoms with Crippen molar-refractivity contribution in [2.75, 3.05) is 23.8 Å². The maximum Gasteiger partial charge on any atom is 0.221 e. The molecule has 0 radical (unpaired) electrons. The minimum atomic E-state index is 0.0929. The molecule has 1 aromatic heterocycles. The zero-order chi connectivity index (χ0) is 13.3.